The summed E-state index contributed by atoms with van der Waals surface area (Å²) in [6, 6.07) is 18.5. The number of methoxy groups -OCH3 is 1. The Labute approximate surface area is 242 Å². The highest BCUT2D eigenvalue weighted by Crippen LogP contribution is 2.36. The van der Waals surface area contributed by atoms with Crippen molar-refractivity contribution in [3.63, 3.8) is 0 Å². The molecule has 0 saturated carbocycles. The standard InChI is InChI=1S/C33H31N3O4S/c1-6-19-40-27-18-17-22-13-9-10-14-23(22)25(27)20-28-31(37)36-30(24-15-11-12-16-26(24)39-5)29(21(4)34-33(36)41-28)32(38)35(7-2)8-3/h1,9-18,20,30H,7-8,19H2,2-5H3/b28-20-/t30-/m1/s1. The molecule has 0 aliphatic carbocycles. The molecule has 0 saturated heterocycles. The fourth-order valence-electron chi connectivity index (χ4n) is 5.26. The van der Waals surface area contributed by atoms with Gasteiger partial charge in [0.1, 0.15) is 24.1 Å². The van der Waals surface area contributed by atoms with E-state index < -0.39 is 6.04 Å². The molecule has 1 atom stereocenters. The summed E-state index contributed by atoms with van der Waals surface area (Å²) in [7, 11) is 1.59. The first-order valence-corrected chi connectivity index (χ1v) is 14.3. The quantitative estimate of drug-likeness (QED) is 0.299. The van der Waals surface area contributed by atoms with E-state index in [-0.39, 0.29) is 18.1 Å². The summed E-state index contributed by atoms with van der Waals surface area (Å²) in [5, 5.41) is 1.94. The Kier molecular flexibility index (Phi) is 8.09. The Balaban J connectivity index is 1.80. The molecule has 4 aromatic rings. The predicted octanol–water partition coefficient (Wildman–Crippen LogP) is 4.28. The lowest BCUT2D eigenvalue weighted by molar-refractivity contribution is -0.127. The zero-order valence-corrected chi connectivity index (χ0v) is 24.3. The number of hydrogen-bond donors (Lipinski definition) is 0. The number of terminal acetylenes is 1. The number of carbonyl (C=O) groups is 1. The number of amides is 1. The maximum absolute atomic E-state index is 14.3. The summed E-state index contributed by atoms with van der Waals surface area (Å²) in [5.41, 5.74) is 2.26. The summed E-state index contributed by atoms with van der Waals surface area (Å²) in [5.74, 6) is 3.53. The fraction of sp³-hybridized carbons (Fsp3) is 0.242. The molecule has 7 nitrogen and oxygen atoms in total. The molecule has 0 N–H and O–H groups in total. The third kappa shape index (κ3) is 5.05. The van der Waals surface area contributed by atoms with Crippen LogP contribution in [0.5, 0.6) is 11.5 Å². The van der Waals surface area contributed by atoms with Gasteiger partial charge in [-0.15, -0.1) is 6.42 Å². The van der Waals surface area contributed by atoms with Gasteiger partial charge in [0, 0.05) is 24.2 Å². The number of fused-ring (bicyclic) bond motifs is 2. The Bertz CT molecular complexity index is 1890. The number of allylic oxidation sites excluding steroid dienone is 1. The minimum Gasteiger partial charge on any atom is -0.496 e. The molecule has 8 heteroatoms. The number of para-hydroxylation sites is 1. The van der Waals surface area contributed by atoms with E-state index in [9.17, 15) is 9.59 Å². The van der Waals surface area contributed by atoms with Crippen molar-refractivity contribution in [1.29, 1.82) is 0 Å². The molecule has 0 fully saturated rings. The maximum Gasteiger partial charge on any atom is 0.271 e. The van der Waals surface area contributed by atoms with Crippen LogP contribution in [-0.2, 0) is 4.79 Å². The number of ether oxygens (including phenoxy) is 2. The molecular weight excluding hydrogens is 534 g/mol. The number of rotatable bonds is 8. The van der Waals surface area contributed by atoms with Crippen molar-refractivity contribution in [2.45, 2.75) is 26.8 Å². The molecular formula is C33H31N3O4S. The van der Waals surface area contributed by atoms with Gasteiger partial charge in [-0.2, -0.15) is 0 Å². The highest BCUT2D eigenvalue weighted by molar-refractivity contribution is 7.07. The molecule has 5 rings (SSSR count). The van der Waals surface area contributed by atoms with Gasteiger partial charge < -0.3 is 14.4 Å². The highest BCUT2D eigenvalue weighted by atomic mass is 32.1. The smallest absolute Gasteiger partial charge is 0.271 e. The van der Waals surface area contributed by atoms with E-state index in [0.717, 1.165) is 21.9 Å². The average Bonchev–Trinajstić information content (AvgIpc) is 3.30. The lowest BCUT2D eigenvalue weighted by atomic mass is 9.94. The maximum atomic E-state index is 14.3. The number of aromatic nitrogens is 1. The first-order valence-electron chi connectivity index (χ1n) is 13.5. The Hall–Kier alpha value is -4.61. The van der Waals surface area contributed by atoms with Crippen molar-refractivity contribution in [3.05, 3.63) is 103 Å². The second-order valence-corrected chi connectivity index (χ2v) is 10.5. The van der Waals surface area contributed by atoms with Crippen LogP contribution in [-0.4, -0.2) is 42.2 Å². The Morgan fingerprint density at radius 2 is 1.83 bits per heavy atom. The minimum absolute atomic E-state index is 0.101. The van der Waals surface area contributed by atoms with Gasteiger partial charge >= 0.3 is 0 Å². The van der Waals surface area contributed by atoms with Crippen molar-refractivity contribution < 1.29 is 14.3 Å². The topological polar surface area (TPSA) is 73.1 Å². The predicted molar refractivity (Wildman–Crippen MR) is 163 cm³/mol. The van der Waals surface area contributed by atoms with E-state index in [1.54, 1.807) is 16.6 Å². The third-order valence-electron chi connectivity index (χ3n) is 7.25. The van der Waals surface area contributed by atoms with Crippen LogP contribution in [0.25, 0.3) is 16.8 Å². The van der Waals surface area contributed by atoms with Gasteiger partial charge in [0.15, 0.2) is 4.80 Å². The molecule has 0 radical (unpaired) electrons. The van der Waals surface area contributed by atoms with Gasteiger partial charge in [-0.3, -0.25) is 14.2 Å². The lowest BCUT2D eigenvalue weighted by Gasteiger charge is -2.29. The number of hydrogen-bond acceptors (Lipinski definition) is 6. The van der Waals surface area contributed by atoms with Crippen molar-refractivity contribution in [2.75, 3.05) is 26.8 Å². The van der Waals surface area contributed by atoms with Crippen LogP contribution in [0, 0.1) is 12.3 Å². The largest absolute Gasteiger partial charge is 0.496 e. The van der Waals surface area contributed by atoms with Crippen LogP contribution in [0.3, 0.4) is 0 Å². The number of carbonyl (C=O) groups excluding carboxylic acids is 1. The molecule has 208 valence electrons. The SMILES string of the molecule is C#CCOc1ccc2ccccc2c1/C=c1\sc2n(c1=O)[C@H](c1ccccc1OC)C(C(=O)N(CC)CC)=C(C)N=2. The molecule has 41 heavy (non-hydrogen) atoms. The molecule has 0 unspecified atom stereocenters. The van der Waals surface area contributed by atoms with Crippen LogP contribution < -0.4 is 24.4 Å². The summed E-state index contributed by atoms with van der Waals surface area (Å²) >= 11 is 1.28. The van der Waals surface area contributed by atoms with E-state index in [4.69, 9.17) is 20.9 Å². The van der Waals surface area contributed by atoms with Gasteiger partial charge in [0.2, 0.25) is 0 Å². The van der Waals surface area contributed by atoms with Crippen molar-refractivity contribution in [1.82, 2.24) is 9.47 Å². The molecule has 1 aliphatic rings. The summed E-state index contributed by atoms with van der Waals surface area (Å²) in [4.78, 5) is 35.2. The number of nitrogens with zero attached hydrogens (tertiary/aromatic N) is 3. The van der Waals surface area contributed by atoms with Crippen molar-refractivity contribution in [3.8, 4) is 23.8 Å². The van der Waals surface area contributed by atoms with Crippen molar-refractivity contribution in [2.24, 2.45) is 4.99 Å². The van der Waals surface area contributed by atoms with Crippen LogP contribution in [0.2, 0.25) is 0 Å². The zero-order chi connectivity index (χ0) is 29.1. The number of thiazole rings is 1. The summed E-state index contributed by atoms with van der Waals surface area (Å²) in [6.07, 6.45) is 7.31. The normalized spacial score (nSPS) is 14.8. The van der Waals surface area contributed by atoms with E-state index in [1.807, 2.05) is 87.5 Å². The van der Waals surface area contributed by atoms with Crippen LogP contribution in [0.15, 0.2) is 81.7 Å². The Morgan fingerprint density at radius 1 is 1.10 bits per heavy atom. The fourth-order valence-corrected chi connectivity index (χ4v) is 6.29. The van der Waals surface area contributed by atoms with E-state index in [2.05, 4.69) is 5.92 Å². The van der Waals surface area contributed by atoms with Crippen LogP contribution >= 0.6 is 11.3 Å². The molecule has 0 bridgehead atoms. The van der Waals surface area contributed by atoms with Gasteiger partial charge in [0.05, 0.1) is 22.9 Å². The Morgan fingerprint density at radius 3 is 2.56 bits per heavy atom. The second kappa shape index (κ2) is 11.9. The van der Waals surface area contributed by atoms with Crippen molar-refractivity contribution >= 4 is 34.1 Å². The van der Waals surface area contributed by atoms with E-state index in [0.29, 0.717) is 45.2 Å². The van der Waals surface area contributed by atoms with Crippen LogP contribution in [0.1, 0.15) is 37.9 Å². The van der Waals surface area contributed by atoms with E-state index in [1.165, 1.54) is 11.3 Å². The zero-order valence-electron chi connectivity index (χ0n) is 23.5. The molecule has 2 heterocycles. The second-order valence-electron chi connectivity index (χ2n) is 9.49. The number of likely N-dealkylation sites (N-methyl/N-ethyl adjacent to an activating group) is 1. The van der Waals surface area contributed by atoms with Gasteiger partial charge in [-0.25, -0.2) is 4.99 Å². The first kappa shape index (κ1) is 27.9. The van der Waals surface area contributed by atoms with Gasteiger partial charge in [-0.05, 0) is 49.8 Å². The number of benzene rings is 3. The molecule has 1 aliphatic heterocycles. The van der Waals surface area contributed by atoms with Crippen LogP contribution in [0.4, 0.5) is 0 Å². The minimum atomic E-state index is -0.706. The van der Waals surface area contributed by atoms with E-state index >= 15 is 0 Å². The highest BCUT2D eigenvalue weighted by Gasteiger charge is 2.35. The first-order chi connectivity index (χ1) is 19.9. The molecule has 1 aromatic heterocycles. The van der Waals surface area contributed by atoms with Gasteiger partial charge in [-0.1, -0.05) is 65.8 Å². The molecule has 0 spiro atoms. The monoisotopic (exact) mass is 565 g/mol. The lowest BCUT2D eigenvalue weighted by Crippen LogP contribution is -2.43. The molecule has 3 aromatic carbocycles. The molecule has 1 amide bonds. The summed E-state index contributed by atoms with van der Waals surface area (Å²) in [6.45, 7) is 6.88. The summed E-state index contributed by atoms with van der Waals surface area (Å²) < 4.78 is 13.7. The van der Waals surface area contributed by atoms with Gasteiger partial charge in [0.25, 0.3) is 11.5 Å². The average molecular weight is 566 g/mol. The third-order valence-corrected chi connectivity index (χ3v) is 8.24.